The Bertz CT molecular complexity index is 1000. The Balaban J connectivity index is 2.11. The molecule has 0 amide bonds. The highest BCUT2D eigenvalue weighted by atomic mass is 35.5. The summed E-state index contributed by atoms with van der Waals surface area (Å²) in [6.07, 6.45) is -0.639. The molecular formula is C21H15Cl3O4. The smallest absolute Gasteiger partial charge is 0.335 e. The summed E-state index contributed by atoms with van der Waals surface area (Å²) in [5.41, 5.74) is 1.51. The number of hydrogen-bond acceptors (Lipinski definition) is 3. The molecule has 28 heavy (non-hydrogen) atoms. The normalized spacial score (nSPS) is 11.7. The average Bonchev–Trinajstić information content (AvgIpc) is 2.67. The molecule has 4 nitrogen and oxygen atoms in total. The van der Waals surface area contributed by atoms with Crippen molar-refractivity contribution in [1.82, 2.24) is 0 Å². The Morgan fingerprint density at radius 2 is 1.57 bits per heavy atom. The lowest BCUT2D eigenvalue weighted by atomic mass is 10.0. The van der Waals surface area contributed by atoms with E-state index in [0.29, 0.717) is 26.4 Å². The van der Waals surface area contributed by atoms with Crippen molar-refractivity contribution in [3.05, 3.63) is 92.4 Å². The second-order valence-electron chi connectivity index (χ2n) is 5.89. The molecule has 3 rings (SSSR count). The van der Waals surface area contributed by atoms with Crippen molar-refractivity contribution in [2.75, 3.05) is 7.11 Å². The first-order valence-electron chi connectivity index (χ1n) is 8.17. The molecule has 7 heteroatoms. The molecule has 0 radical (unpaired) electrons. The van der Waals surface area contributed by atoms with Gasteiger partial charge in [-0.15, -0.1) is 0 Å². The topological polar surface area (TPSA) is 55.8 Å². The van der Waals surface area contributed by atoms with Crippen molar-refractivity contribution in [2.45, 2.75) is 6.10 Å². The molecule has 3 aromatic carbocycles. The molecule has 1 N–H and O–H groups in total. The third kappa shape index (κ3) is 4.53. The van der Waals surface area contributed by atoms with E-state index in [2.05, 4.69) is 0 Å². The summed E-state index contributed by atoms with van der Waals surface area (Å²) in [7, 11) is 1.48. The monoisotopic (exact) mass is 436 g/mol. The van der Waals surface area contributed by atoms with Crippen LogP contribution >= 0.6 is 34.8 Å². The minimum Gasteiger partial charge on any atom is -0.493 e. The molecule has 1 unspecified atom stereocenters. The second kappa shape index (κ2) is 8.74. The summed E-state index contributed by atoms with van der Waals surface area (Å²) < 4.78 is 11.5. The number of ether oxygens (including phenoxy) is 2. The van der Waals surface area contributed by atoms with Crippen LogP contribution in [0, 0.1) is 0 Å². The zero-order valence-corrected chi connectivity index (χ0v) is 16.9. The third-order valence-corrected chi connectivity index (χ3v) is 4.89. The van der Waals surface area contributed by atoms with Crippen molar-refractivity contribution in [3.63, 3.8) is 0 Å². The number of aromatic carboxylic acids is 1. The van der Waals surface area contributed by atoms with Gasteiger partial charge >= 0.3 is 5.97 Å². The van der Waals surface area contributed by atoms with E-state index < -0.39 is 12.1 Å². The van der Waals surface area contributed by atoms with Crippen molar-refractivity contribution in [2.24, 2.45) is 0 Å². The Morgan fingerprint density at radius 3 is 2.18 bits per heavy atom. The molecule has 0 spiro atoms. The summed E-state index contributed by atoms with van der Waals surface area (Å²) in [4.78, 5) is 11.4. The molecule has 0 fully saturated rings. The lowest BCUT2D eigenvalue weighted by Crippen LogP contribution is -2.11. The standard InChI is InChI=1S/C21H15Cl3O4/c1-27-18-9-4-13(21(25)26)10-19(18)28-20(12-2-5-14(22)6-3-12)16-8-7-15(23)11-17(16)24/h2-11,20H,1H3,(H,25,26). The first-order chi connectivity index (χ1) is 13.4. The molecule has 144 valence electrons. The van der Waals surface area contributed by atoms with Crippen LogP contribution in [-0.4, -0.2) is 18.2 Å². The number of benzene rings is 3. The van der Waals surface area contributed by atoms with Crippen LogP contribution in [0.5, 0.6) is 11.5 Å². The molecule has 0 heterocycles. The highest BCUT2D eigenvalue weighted by molar-refractivity contribution is 6.35. The minimum absolute atomic E-state index is 0.0767. The number of carboxylic acids is 1. The van der Waals surface area contributed by atoms with E-state index in [1.54, 1.807) is 36.4 Å². The molecule has 0 bridgehead atoms. The Morgan fingerprint density at radius 1 is 0.893 bits per heavy atom. The maximum atomic E-state index is 11.4. The summed E-state index contributed by atoms with van der Waals surface area (Å²) in [6.45, 7) is 0. The van der Waals surface area contributed by atoms with Crippen molar-refractivity contribution in [3.8, 4) is 11.5 Å². The van der Waals surface area contributed by atoms with E-state index >= 15 is 0 Å². The van der Waals surface area contributed by atoms with Crippen LogP contribution in [0.2, 0.25) is 15.1 Å². The quantitative estimate of drug-likeness (QED) is 0.477. The lowest BCUT2D eigenvalue weighted by molar-refractivity contribution is 0.0696. The molecule has 3 aromatic rings. The SMILES string of the molecule is COc1ccc(C(=O)O)cc1OC(c1ccc(Cl)cc1)c1ccc(Cl)cc1Cl. The summed E-state index contributed by atoms with van der Waals surface area (Å²) >= 11 is 18.4. The largest absolute Gasteiger partial charge is 0.493 e. The van der Waals surface area contributed by atoms with Gasteiger partial charge < -0.3 is 14.6 Å². The van der Waals surface area contributed by atoms with E-state index in [1.165, 1.54) is 19.2 Å². The van der Waals surface area contributed by atoms with Gasteiger partial charge in [0.25, 0.3) is 0 Å². The second-order valence-corrected chi connectivity index (χ2v) is 7.17. The van der Waals surface area contributed by atoms with Crippen molar-refractivity contribution >= 4 is 40.8 Å². The first-order valence-corrected chi connectivity index (χ1v) is 9.31. The van der Waals surface area contributed by atoms with Gasteiger partial charge in [-0.25, -0.2) is 4.79 Å². The van der Waals surface area contributed by atoms with Gasteiger partial charge in [0.15, 0.2) is 17.6 Å². The van der Waals surface area contributed by atoms with Gasteiger partial charge in [-0.1, -0.05) is 53.0 Å². The number of carbonyl (C=O) groups is 1. The van der Waals surface area contributed by atoms with Crippen LogP contribution in [0.3, 0.4) is 0 Å². The van der Waals surface area contributed by atoms with Crippen molar-refractivity contribution in [1.29, 1.82) is 0 Å². The van der Waals surface area contributed by atoms with Crippen LogP contribution in [0.4, 0.5) is 0 Å². The first kappa shape index (κ1) is 20.3. The van der Waals surface area contributed by atoms with Gasteiger partial charge in [0.1, 0.15) is 0 Å². The zero-order chi connectivity index (χ0) is 20.3. The zero-order valence-electron chi connectivity index (χ0n) is 14.7. The predicted octanol–water partition coefficient (Wildman–Crippen LogP) is 6.52. The van der Waals surface area contributed by atoms with Gasteiger partial charge in [-0.05, 0) is 48.0 Å². The van der Waals surface area contributed by atoms with Gasteiger partial charge in [0.05, 0.1) is 12.7 Å². The Hall–Kier alpha value is -2.40. The molecule has 0 aliphatic carbocycles. The highest BCUT2D eigenvalue weighted by Crippen LogP contribution is 2.38. The molecule has 0 aliphatic rings. The van der Waals surface area contributed by atoms with Crippen molar-refractivity contribution < 1.29 is 19.4 Å². The summed E-state index contributed by atoms with van der Waals surface area (Å²) in [5, 5.41) is 10.8. The van der Waals surface area contributed by atoms with Crippen LogP contribution in [-0.2, 0) is 0 Å². The van der Waals surface area contributed by atoms with Crippen LogP contribution in [0.15, 0.2) is 60.7 Å². The number of methoxy groups -OCH3 is 1. The van der Waals surface area contributed by atoms with Crippen LogP contribution in [0.25, 0.3) is 0 Å². The predicted molar refractivity (Wildman–Crippen MR) is 110 cm³/mol. The maximum absolute atomic E-state index is 11.4. The highest BCUT2D eigenvalue weighted by Gasteiger charge is 2.22. The van der Waals surface area contributed by atoms with Gasteiger partial charge in [-0.2, -0.15) is 0 Å². The van der Waals surface area contributed by atoms with E-state index in [4.69, 9.17) is 44.3 Å². The molecule has 0 saturated heterocycles. The summed E-state index contributed by atoms with van der Waals surface area (Å²) in [6, 6.07) is 16.6. The number of carboxylic acid groups (broad SMARTS) is 1. The average molecular weight is 438 g/mol. The van der Waals surface area contributed by atoms with Gasteiger partial charge in [0, 0.05) is 20.6 Å². The molecule has 0 saturated carbocycles. The fourth-order valence-corrected chi connectivity index (χ4v) is 3.33. The number of rotatable bonds is 6. The Labute approximate surface area is 177 Å². The number of halogens is 3. The van der Waals surface area contributed by atoms with Gasteiger partial charge in [-0.3, -0.25) is 0 Å². The molecule has 0 aromatic heterocycles. The summed E-state index contributed by atoms with van der Waals surface area (Å²) in [5.74, 6) is -0.400. The molecular weight excluding hydrogens is 423 g/mol. The lowest BCUT2D eigenvalue weighted by Gasteiger charge is -2.23. The fraction of sp³-hybridized carbons (Fsp3) is 0.0952. The van der Waals surface area contributed by atoms with E-state index in [9.17, 15) is 9.90 Å². The minimum atomic E-state index is -1.07. The molecule has 1 atom stereocenters. The number of hydrogen-bond donors (Lipinski definition) is 1. The molecule has 0 aliphatic heterocycles. The fourth-order valence-electron chi connectivity index (χ4n) is 2.69. The van der Waals surface area contributed by atoms with Crippen LogP contribution < -0.4 is 9.47 Å². The Kier molecular flexibility index (Phi) is 6.35. The third-order valence-electron chi connectivity index (χ3n) is 4.07. The van der Waals surface area contributed by atoms with Crippen LogP contribution in [0.1, 0.15) is 27.6 Å². The van der Waals surface area contributed by atoms with E-state index in [0.717, 1.165) is 5.56 Å². The maximum Gasteiger partial charge on any atom is 0.335 e. The van der Waals surface area contributed by atoms with Gasteiger partial charge in [0.2, 0.25) is 0 Å². The van der Waals surface area contributed by atoms with E-state index in [1.807, 2.05) is 12.1 Å². The van der Waals surface area contributed by atoms with E-state index in [-0.39, 0.29) is 11.3 Å².